The number of nitrogens with one attached hydrogen (secondary N) is 1. The zero-order chi connectivity index (χ0) is 25.6. The zero-order valence-electron chi connectivity index (χ0n) is 20.7. The number of benzene rings is 1. The second kappa shape index (κ2) is 11.3. The number of hydrogen-bond donors (Lipinski definition) is 1. The van der Waals surface area contributed by atoms with Gasteiger partial charge < -0.3 is 15.1 Å². The van der Waals surface area contributed by atoms with E-state index in [-0.39, 0.29) is 30.7 Å². The summed E-state index contributed by atoms with van der Waals surface area (Å²) in [4.78, 5) is 30.5. The number of amides is 2. The van der Waals surface area contributed by atoms with Gasteiger partial charge >= 0.3 is 0 Å². The maximum absolute atomic E-state index is 14.6. The fourth-order valence-electron chi connectivity index (χ4n) is 4.70. The lowest BCUT2D eigenvalue weighted by Gasteiger charge is -2.49. The second-order valence-corrected chi connectivity index (χ2v) is 9.52. The van der Waals surface area contributed by atoms with Gasteiger partial charge in [-0.05, 0) is 31.4 Å². The summed E-state index contributed by atoms with van der Waals surface area (Å²) in [6, 6.07) is 6.35. The Bertz CT molecular complexity index is 1050. The Morgan fingerprint density at radius 3 is 2.49 bits per heavy atom. The van der Waals surface area contributed by atoms with E-state index in [1.165, 1.54) is 11.0 Å². The Kier molecular flexibility index (Phi) is 8.49. The number of hydrogen-bond acceptors (Lipinski definition) is 3. The smallest absolute Gasteiger partial charge is 0.271 e. The molecule has 2 amide bonds. The van der Waals surface area contributed by atoms with Crippen molar-refractivity contribution < 1.29 is 14.0 Å². The molecule has 0 spiro atoms. The Labute approximate surface area is 208 Å². The SMILES string of the molecule is C=C/C=C\C(=C)C(=C)N1CC(C)(C(=O)NC2CCCCCC2)N(Cc2ccccc2F)C(=O)C1=C. The topological polar surface area (TPSA) is 52.7 Å². The summed E-state index contributed by atoms with van der Waals surface area (Å²) in [5.41, 5.74) is 0.276. The van der Waals surface area contributed by atoms with E-state index in [1.54, 1.807) is 48.3 Å². The summed E-state index contributed by atoms with van der Waals surface area (Å²) < 4.78 is 14.6. The number of rotatable bonds is 8. The van der Waals surface area contributed by atoms with Gasteiger partial charge in [-0.1, -0.05) is 88.4 Å². The van der Waals surface area contributed by atoms with Crippen molar-refractivity contribution in [1.29, 1.82) is 0 Å². The zero-order valence-corrected chi connectivity index (χ0v) is 20.7. The number of allylic oxidation sites excluding steroid dienone is 3. The molecule has 1 unspecified atom stereocenters. The molecule has 186 valence electrons. The molecule has 35 heavy (non-hydrogen) atoms. The number of piperazine rings is 1. The molecule has 1 saturated heterocycles. The van der Waals surface area contributed by atoms with Gasteiger partial charge in [0.1, 0.15) is 11.4 Å². The monoisotopic (exact) mass is 477 g/mol. The van der Waals surface area contributed by atoms with Gasteiger partial charge in [0.15, 0.2) is 0 Å². The number of nitrogens with zero attached hydrogens (tertiary/aromatic N) is 2. The fraction of sp³-hybridized carbons (Fsp3) is 0.379. The third kappa shape index (κ3) is 5.81. The lowest BCUT2D eigenvalue weighted by molar-refractivity contribution is -0.151. The number of halogens is 1. The van der Waals surface area contributed by atoms with Crippen molar-refractivity contribution in [2.45, 2.75) is 63.6 Å². The van der Waals surface area contributed by atoms with E-state index in [2.05, 4.69) is 31.6 Å². The van der Waals surface area contributed by atoms with Crippen LogP contribution in [-0.4, -0.2) is 39.7 Å². The first kappa shape index (κ1) is 26.2. The quantitative estimate of drug-likeness (QED) is 0.310. The third-order valence-electron chi connectivity index (χ3n) is 6.98. The minimum absolute atomic E-state index is 0.0449. The fourth-order valence-corrected chi connectivity index (χ4v) is 4.70. The van der Waals surface area contributed by atoms with Gasteiger partial charge in [-0.15, -0.1) is 0 Å². The van der Waals surface area contributed by atoms with Gasteiger partial charge in [0.05, 0.1) is 18.8 Å². The molecule has 1 atom stereocenters. The van der Waals surface area contributed by atoms with Gasteiger partial charge in [0.25, 0.3) is 5.91 Å². The molecular weight excluding hydrogens is 441 g/mol. The normalized spacial score (nSPS) is 21.7. The molecule has 0 aromatic heterocycles. The van der Waals surface area contributed by atoms with Crippen LogP contribution in [0.4, 0.5) is 4.39 Å². The van der Waals surface area contributed by atoms with Crippen LogP contribution in [0.25, 0.3) is 0 Å². The van der Waals surface area contributed by atoms with Gasteiger partial charge in [0, 0.05) is 17.3 Å². The van der Waals surface area contributed by atoms with E-state index in [0.717, 1.165) is 38.5 Å². The van der Waals surface area contributed by atoms with Crippen LogP contribution in [0.15, 0.2) is 85.8 Å². The van der Waals surface area contributed by atoms with Crippen LogP contribution >= 0.6 is 0 Å². The van der Waals surface area contributed by atoms with Crippen molar-refractivity contribution in [1.82, 2.24) is 15.1 Å². The van der Waals surface area contributed by atoms with Crippen LogP contribution in [0.2, 0.25) is 0 Å². The summed E-state index contributed by atoms with van der Waals surface area (Å²) in [6.07, 6.45) is 11.4. The highest BCUT2D eigenvalue weighted by Gasteiger charge is 2.50. The molecule has 0 bridgehead atoms. The highest BCUT2D eigenvalue weighted by atomic mass is 19.1. The van der Waals surface area contributed by atoms with E-state index >= 15 is 0 Å². The second-order valence-electron chi connectivity index (χ2n) is 9.52. The highest BCUT2D eigenvalue weighted by molar-refractivity contribution is 6.00. The first-order valence-corrected chi connectivity index (χ1v) is 12.2. The largest absolute Gasteiger partial charge is 0.351 e. The van der Waals surface area contributed by atoms with Crippen LogP contribution in [0, 0.1) is 5.82 Å². The van der Waals surface area contributed by atoms with Crippen molar-refractivity contribution in [2.24, 2.45) is 0 Å². The molecule has 2 fully saturated rings. The first-order chi connectivity index (χ1) is 16.7. The Morgan fingerprint density at radius 1 is 1.20 bits per heavy atom. The Morgan fingerprint density at radius 2 is 1.86 bits per heavy atom. The minimum atomic E-state index is -1.28. The van der Waals surface area contributed by atoms with E-state index < -0.39 is 17.3 Å². The van der Waals surface area contributed by atoms with E-state index in [4.69, 9.17) is 0 Å². The molecule has 1 aliphatic carbocycles. The highest BCUT2D eigenvalue weighted by Crippen LogP contribution is 2.34. The summed E-state index contributed by atoms with van der Waals surface area (Å²) >= 11 is 0. The summed E-state index contributed by atoms with van der Waals surface area (Å²) in [6.45, 7) is 17.6. The standard InChI is InChI=1S/C29H36FN3O2/c1-6-7-14-21(2)22(3)32-20-29(5,28(35)31-25-16-10-8-9-11-17-25)33(27(34)23(32)4)19-24-15-12-13-18-26(24)30/h6-7,12-15,18,25H,1-4,8-11,16-17,19-20H2,5H3,(H,31,35)/b14-7-. The molecular formula is C29H36FN3O2. The molecule has 3 rings (SSSR count). The van der Waals surface area contributed by atoms with Crippen molar-refractivity contribution in [3.8, 4) is 0 Å². The van der Waals surface area contributed by atoms with Crippen LogP contribution in [0.1, 0.15) is 51.0 Å². The summed E-state index contributed by atoms with van der Waals surface area (Å²) in [5.74, 6) is -1.13. The minimum Gasteiger partial charge on any atom is -0.351 e. The lowest BCUT2D eigenvalue weighted by atomic mass is 9.90. The Balaban J connectivity index is 1.96. The molecule has 1 aromatic carbocycles. The van der Waals surface area contributed by atoms with Gasteiger partial charge in [-0.25, -0.2) is 4.39 Å². The van der Waals surface area contributed by atoms with Gasteiger partial charge in [-0.2, -0.15) is 0 Å². The van der Waals surface area contributed by atoms with Gasteiger partial charge in [0.2, 0.25) is 5.91 Å². The average Bonchev–Trinajstić information content (AvgIpc) is 3.11. The molecule has 1 heterocycles. The Hall–Kier alpha value is -3.41. The lowest BCUT2D eigenvalue weighted by Crippen LogP contribution is -2.68. The first-order valence-electron chi connectivity index (χ1n) is 12.2. The van der Waals surface area contributed by atoms with Crippen LogP contribution in [-0.2, 0) is 16.1 Å². The molecule has 2 aliphatic rings. The van der Waals surface area contributed by atoms with Crippen molar-refractivity contribution in [3.63, 3.8) is 0 Å². The van der Waals surface area contributed by atoms with E-state index in [9.17, 15) is 14.0 Å². The van der Waals surface area contributed by atoms with Gasteiger partial charge in [-0.3, -0.25) is 9.59 Å². The maximum atomic E-state index is 14.6. The molecule has 6 heteroatoms. The van der Waals surface area contributed by atoms with Crippen LogP contribution in [0.3, 0.4) is 0 Å². The van der Waals surface area contributed by atoms with Crippen molar-refractivity contribution in [3.05, 3.63) is 97.2 Å². The third-order valence-corrected chi connectivity index (χ3v) is 6.98. The number of carbonyl (C=O) groups excluding carboxylic acids is 2. The van der Waals surface area contributed by atoms with Crippen molar-refractivity contribution in [2.75, 3.05) is 6.54 Å². The van der Waals surface area contributed by atoms with E-state index in [1.807, 2.05) is 0 Å². The molecule has 1 N–H and O–H groups in total. The number of carbonyl (C=O) groups is 2. The molecule has 1 saturated carbocycles. The van der Waals surface area contributed by atoms with Crippen LogP contribution < -0.4 is 5.32 Å². The molecule has 1 aliphatic heterocycles. The predicted octanol–water partition coefficient (Wildman–Crippen LogP) is 5.39. The summed E-state index contributed by atoms with van der Waals surface area (Å²) in [5, 5.41) is 3.20. The molecule has 0 radical (unpaired) electrons. The maximum Gasteiger partial charge on any atom is 0.271 e. The van der Waals surface area contributed by atoms with Crippen LogP contribution in [0.5, 0.6) is 0 Å². The van der Waals surface area contributed by atoms with E-state index in [0.29, 0.717) is 16.8 Å². The average molecular weight is 478 g/mol. The summed E-state index contributed by atoms with van der Waals surface area (Å²) in [7, 11) is 0. The predicted molar refractivity (Wildman–Crippen MR) is 138 cm³/mol. The molecule has 5 nitrogen and oxygen atoms in total. The van der Waals surface area contributed by atoms with Crippen molar-refractivity contribution >= 4 is 11.8 Å². The molecule has 1 aromatic rings.